The van der Waals surface area contributed by atoms with Gasteiger partial charge in [0.05, 0.1) is 16.3 Å². The maximum Gasteiger partial charge on any atom is 0.0946 e. The third kappa shape index (κ3) is 3.56. The van der Waals surface area contributed by atoms with Gasteiger partial charge in [0, 0.05) is 24.4 Å². The average Bonchev–Trinajstić information content (AvgIpc) is 2.63. The zero-order chi connectivity index (χ0) is 13.9. The van der Waals surface area contributed by atoms with Gasteiger partial charge in [0.15, 0.2) is 0 Å². The molecule has 0 aromatic carbocycles. The van der Waals surface area contributed by atoms with Gasteiger partial charge < -0.3 is 10.1 Å². The lowest BCUT2D eigenvalue weighted by Gasteiger charge is -2.43. The Kier molecular flexibility index (Phi) is 4.98. The minimum atomic E-state index is 0.133. The molecular formula is C15H26N2OS. The number of likely N-dealkylation sites (N-methyl/N-ethyl adjacent to an activating group) is 1. The summed E-state index contributed by atoms with van der Waals surface area (Å²) >= 11 is 1.84. The van der Waals surface area contributed by atoms with Crippen molar-refractivity contribution < 1.29 is 4.74 Å². The summed E-state index contributed by atoms with van der Waals surface area (Å²) in [5, 5.41) is 4.86. The van der Waals surface area contributed by atoms with Gasteiger partial charge in [-0.2, -0.15) is 0 Å². The summed E-state index contributed by atoms with van der Waals surface area (Å²) in [5.41, 5.74) is 1.31. The van der Waals surface area contributed by atoms with Gasteiger partial charge in [-0.25, -0.2) is 4.98 Å². The van der Waals surface area contributed by atoms with Gasteiger partial charge in [-0.3, -0.25) is 0 Å². The largest absolute Gasteiger partial charge is 0.378 e. The maximum absolute atomic E-state index is 5.76. The van der Waals surface area contributed by atoms with E-state index >= 15 is 0 Å². The van der Waals surface area contributed by atoms with Crippen molar-refractivity contribution in [1.82, 2.24) is 10.3 Å². The zero-order valence-electron chi connectivity index (χ0n) is 12.6. The second-order valence-electron chi connectivity index (χ2n) is 5.65. The highest BCUT2D eigenvalue weighted by molar-refractivity contribution is 7.11. The molecule has 1 aromatic heterocycles. The lowest BCUT2D eigenvalue weighted by Crippen LogP contribution is -2.46. The molecule has 1 N–H and O–H groups in total. The second-order valence-corrected chi connectivity index (χ2v) is 6.94. The Morgan fingerprint density at radius 1 is 1.42 bits per heavy atom. The fraction of sp³-hybridized carbons (Fsp3) is 0.800. The predicted octanol–water partition coefficient (Wildman–Crippen LogP) is 3.24. The molecular weight excluding hydrogens is 256 g/mol. The molecule has 1 unspecified atom stereocenters. The number of hydrogen-bond donors (Lipinski definition) is 1. The highest BCUT2D eigenvalue weighted by atomic mass is 32.1. The first-order valence-electron chi connectivity index (χ1n) is 7.30. The van der Waals surface area contributed by atoms with Crippen LogP contribution in [0.5, 0.6) is 0 Å². The Morgan fingerprint density at radius 2 is 2.16 bits per heavy atom. The Hall–Kier alpha value is -0.450. The SMILES string of the molecule is CCNC(Cc1nc(C)c(C)s1)CC1(OC)CCC1. The number of methoxy groups -OCH3 is 1. The third-order valence-electron chi connectivity index (χ3n) is 4.30. The first kappa shape index (κ1) is 14.9. The molecule has 4 heteroatoms. The van der Waals surface area contributed by atoms with Crippen LogP contribution in [0.1, 0.15) is 48.2 Å². The Morgan fingerprint density at radius 3 is 2.58 bits per heavy atom. The van der Waals surface area contributed by atoms with E-state index in [9.17, 15) is 0 Å². The van der Waals surface area contributed by atoms with Crippen molar-refractivity contribution in [3.8, 4) is 0 Å². The normalized spacial score (nSPS) is 19.2. The van der Waals surface area contributed by atoms with Gasteiger partial charge in [0.25, 0.3) is 0 Å². The van der Waals surface area contributed by atoms with Crippen LogP contribution in [-0.2, 0) is 11.2 Å². The lowest BCUT2D eigenvalue weighted by atomic mass is 9.75. The van der Waals surface area contributed by atoms with E-state index in [1.54, 1.807) is 0 Å². The molecule has 1 saturated carbocycles. The summed E-state index contributed by atoms with van der Waals surface area (Å²) in [5.74, 6) is 0. The van der Waals surface area contributed by atoms with E-state index in [-0.39, 0.29) is 5.60 Å². The molecule has 1 heterocycles. The van der Waals surface area contributed by atoms with Crippen LogP contribution in [0.3, 0.4) is 0 Å². The number of nitrogens with zero attached hydrogens (tertiary/aromatic N) is 1. The number of thiazole rings is 1. The first-order chi connectivity index (χ1) is 9.08. The van der Waals surface area contributed by atoms with Crippen molar-refractivity contribution in [1.29, 1.82) is 0 Å². The minimum absolute atomic E-state index is 0.133. The van der Waals surface area contributed by atoms with Gasteiger partial charge in [0.1, 0.15) is 0 Å². The molecule has 0 saturated heterocycles. The van der Waals surface area contributed by atoms with Crippen LogP contribution in [0.25, 0.3) is 0 Å². The fourth-order valence-corrected chi connectivity index (χ4v) is 3.87. The molecule has 1 atom stereocenters. The second kappa shape index (κ2) is 6.33. The van der Waals surface area contributed by atoms with E-state index in [0.29, 0.717) is 6.04 Å². The summed E-state index contributed by atoms with van der Waals surface area (Å²) in [6.45, 7) is 7.43. The Bertz CT molecular complexity index is 387. The zero-order valence-corrected chi connectivity index (χ0v) is 13.4. The molecule has 108 valence electrons. The third-order valence-corrected chi connectivity index (χ3v) is 5.40. The molecule has 1 aliphatic carbocycles. The molecule has 0 bridgehead atoms. The van der Waals surface area contributed by atoms with E-state index in [4.69, 9.17) is 4.74 Å². The van der Waals surface area contributed by atoms with Crippen LogP contribution in [0.4, 0.5) is 0 Å². The van der Waals surface area contributed by atoms with Crippen LogP contribution < -0.4 is 5.32 Å². The van der Waals surface area contributed by atoms with Gasteiger partial charge in [-0.05, 0) is 46.1 Å². The topological polar surface area (TPSA) is 34.2 Å². The highest BCUT2D eigenvalue weighted by Crippen LogP contribution is 2.39. The molecule has 1 fully saturated rings. The summed E-state index contributed by atoms with van der Waals surface area (Å²) < 4.78 is 5.76. The van der Waals surface area contributed by atoms with Crippen molar-refractivity contribution in [2.45, 2.75) is 64.5 Å². The standard InChI is InChI=1S/C15H26N2OS/c1-5-16-13(10-15(18-4)7-6-8-15)9-14-17-11(2)12(3)19-14/h13,16H,5-10H2,1-4H3. The van der Waals surface area contributed by atoms with E-state index in [1.165, 1.54) is 34.8 Å². The summed E-state index contributed by atoms with van der Waals surface area (Å²) in [6.07, 6.45) is 5.86. The fourth-order valence-electron chi connectivity index (χ4n) is 2.85. The number of aryl methyl sites for hydroxylation is 2. The summed E-state index contributed by atoms with van der Waals surface area (Å²) in [4.78, 5) is 6.01. The molecule has 2 rings (SSSR count). The molecule has 0 radical (unpaired) electrons. The predicted molar refractivity (Wildman–Crippen MR) is 81.0 cm³/mol. The maximum atomic E-state index is 5.76. The molecule has 0 aliphatic heterocycles. The number of ether oxygens (including phenoxy) is 1. The average molecular weight is 282 g/mol. The van der Waals surface area contributed by atoms with E-state index in [0.717, 1.165) is 19.4 Å². The summed E-state index contributed by atoms with van der Waals surface area (Å²) in [7, 11) is 1.86. The van der Waals surface area contributed by atoms with Crippen molar-refractivity contribution >= 4 is 11.3 Å². The highest BCUT2D eigenvalue weighted by Gasteiger charge is 2.39. The quantitative estimate of drug-likeness (QED) is 0.833. The lowest BCUT2D eigenvalue weighted by molar-refractivity contribution is -0.0833. The smallest absolute Gasteiger partial charge is 0.0946 e. The number of nitrogens with one attached hydrogen (secondary N) is 1. The van der Waals surface area contributed by atoms with Crippen LogP contribution in [0, 0.1) is 13.8 Å². The molecule has 1 aromatic rings. The van der Waals surface area contributed by atoms with Crippen molar-refractivity contribution in [2.75, 3.05) is 13.7 Å². The van der Waals surface area contributed by atoms with Gasteiger partial charge >= 0.3 is 0 Å². The first-order valence-corrected chi connectivity index (χ1v) is 8.11. The Labute approximate surface area is 120 Å². The molecule has 0 spiro atoms. The molecule has 3 nitrogen and oxygen atoms in total. The minimum Gasteiger partial charge on any atom is -0.378 e. The molecule has 19 heavy (non-hydrogen) atoms. The number of aromatic nitrogens is 1. The van der Waals surface area contributed by atoms with Gasteiger partial charge in [-0.15, -0.1) is 11.3 Å². The number of hydrogen-bond acceptors (Lipinski definition) is 4. The summed E-state index contributed by atoms with van der Waals surface area (Å²) in [6, 6.07) is 0.482. The van der Waals surface area contributed by atoms with Crippen molar-refractivity contribution in [2.24, 2.45) is 0 Å². The molecule has 1 aliphatic rings. The Balaban J connectivity index is 1.99. The van der Waals surface area contributed by atoms with E-state index < -0.39 is 0 Å². The molecule has 0 amide bonds. The van der Waals surface area contributed by atoms with Crippen LogP contribution in [0.2, 0.25) is 0 Å². The number of rotatable bonds is 7. The van der Waals surface area contributed by atoms with Crippen LogP contribution in [0.15, 0.2) is 0 Å². The van der Waals surface area contributed by atoms with Crippen LogP contribution >= 0.6 is 11.3 Å². The van der Waals surface area contributed by atoms with Gasteiger partial charge in [-0.1, -0.05) is 6.92 Å². The van der Waals surface area contributed by atoms with E-state index in [1.807, 2.05) is 18.4 Å². The van der Waals surface area contributed by atoms with Crippen molar-refractivity contribution in [3.05, 3.63) is 15.6 Å². The van der Waals surface area contributed by atoms with Gasteiger partial charge in [0.2, 0.25) is 0 Å². The van der Waals surface area contributed by atoms with E-state index in [2.05, 4.69) is 31.1 Å². The van der Waals surface area contributed by atoms with Crippen LogP contribution in [-0.4, -0.2) is 30.3 Å². The van der Waals surface area contributed by atoms with Crippen molar-refractivity contribution in [3.63, 3.8) is 0 Å². The monoisotopic (exact) mass is 282 g/mol.